The highest BCUT2D eigenvalue weighted by Gasteiger charge is 2.13. The number of aromatic nitrogens is 2. The van der Waals surface area contributed by atoms with Gasteiger partial charge < -0.3 is 20.9 Å². The quantitative estimate of drug-likeness (QED) is 0.658. The predicted molar refractivity (Wildman–Crippen MR) is 110 cm³/mol. The molecule has 2 aromatic rings. The maximum absolute atomic E-state index is 11.9. The van der Waals surface area contributed by atoms with E-state index in [1.807, 2.05) is 13.0 Å². The molecule has 0 spiro atoms. The van der Waals surface area contributed by atoms with Crippen LogP contribution in [0.5, 0.6) is 0 Å². The van der Waals surface area contributed by atoms with Crippen LogP contribution < -0.4 is 20.9 Å². The number of hydrogen-bond acceptors (Lipinski definition) is 5. The predicted octanol–water partition coefficient (Wildman–Crippen LogP) is 3.66. The molecular formula is C19H25ClN6O. The number of aryl methyl sites for hydroxylation is 1. The average molecular weight is 389 g/mol. The summed E-state index contributed by atoms with van der Waals surface area (Å²) < 4.78 is 0. The second-order valence-electron chi connectivity index (χ2n) is 6.56. The first-order chi connectivity index (χ1) is 13.1. The number of piperidine rings is 1. The van der Waals surface area contributed by atoms with Gasteiger partial charge in [0.15, 0.2) is 0 Å². The van der Waals surface area contributed by atoms with Crippen LogP contribution in [0.4, 0.5) is 22.2 Å². The third-order valence-corrected chi connectivity index (χ3v) is 4.53. The molecule has 1 aliphatic rings. The summed E-state index contributed by atoms with van der Waals surface area (Å²) in [5.41, 5.74) is 1.58. The monoisotopic (exact) mass is 388 g/mol. The number of nitrogens with one attached hydrogen (secondary N) is 3. The van der Waals surface area contributed by atoms with Gasteiger partial charge in [-0.2, -0.15) is 4.98 Å². The zero-order valence-corrected chi connectivity index (χ0v) is 16.2. The minimum Gasteiger partial charge on any atom is -0.356 e. The molecule has 0 atom stereocenters. The van der Waals surface area contributed by atoms with Gasteiger partial charge in [-0.1, -0.05) is 17.7 Å². The lowest BCUT2D eigenvalue weighted by atomic mass is 10.1. The molecule has 3 N–H and O–H groups in total. The Hall–Kier alpha value is -2.54. The molecule has 144 valence electrons. The number of anilines is 3. The van der Waals surface area contributed by atoms with E-state index in [-0.39, 0.29) is 6.03 Å². The number of benzene rings is 1. The summed E-state index contributed by atoms with van der Waals surface area (Å²) in [5, 5.41) is 9.29. The molecule has 7 nitrogen and oxygen atoms in total. The Bertz CT molecular complexity index is 779. The zero-order valence-electron chi connectivity index (χ0n) is 15.5. The minimum absolute atomic E-state index is 0.279. The van der Waals surface area contributed by atoms with E-state index in [4.69, 9.17) is 11.6 Å². The van der Waals surface area contributed by atoms with Gasteiger partial charge in [0.25, 0.3) is 0 Å². The van der Waals surface area contributed by atoms with E-state index in [0.717, 1.165) is 24.6 Å². The Kier molecular flexibility index (Phi) is 6.70. The molecule has 0 aliphatic carbocycles. The van der Waals surface area contributed by atoms with Crippen molar-refractivity contribution in [3.63, 3.8) is 0 Å². The van der Waals surface area contributed by atoms with Crippen molar-refractivity contribution < 1.29 is 4.79 Å². The van der Waals surface area contributed by atoms with Crippen molar-refractivity contribution in [1.82, 2.24) is 15.3 Å². The SMILES string of the molecule is Cc1cc(N2CCCCC2)nc(NCCNC(=O)Nc2cccc(Cl)c2)n1. The van der Waals surface area contributed by atoms with E-state index in [2.05, 4.69) is 30.8 Å². The third-order valence-electron chi connectivity index (χ3n) is 4.30. The number of amides is 2. The lowest BCUT2D eigenvalue weighted by molar-refractivity contribution is 0.252. The minimum atomic E-state index is -0.279. The first kappa shape index (κ1) is 19.2. The Morgan fingerprint density at radius 3 is 2.74 bits per heavy atom. The van der Waals surface area contributed by atoms with Crippen molar-refractivity contribution in [3.05, 3.63) is 41.0 Å². The summed E-state index contributed by atoms with van der Waals surface area (Å²) in [6, 6.07) is 8.77. The van der Waals surface area contributed by atoms with Crippen LogP contribution in [0.25, 0.3) is 0 Å². The lowest BCUT2D eigenvalue weighted by Crippen LogP contribution is -2.33. The van der Waals surface area contributed by atoms with Gasteiger partial charge in [-0.3, -0.25) is 0 Å². The number of carbonyl (C=O) groups excluding carboxylic acids is 1. The Morgan fingerprint density at radius 1 is 1.15 bits per heavy atom. The first-order valence-corrected chi connectivity index (χ1v) is 9.63. The van der Waals surface area contributed by atoms with E-state index in [1.54, 1.807) is 24.3 Å². The molecule has 0 radical (unpaired) electrons. The second kappa shape index (κ2) is 9.41. The zero-order chi connectivity index (χ0) is 19.1. The summed E-state index contributed by atoms with van der Waals surface area (Å²) in [7, 11) is 0. The summed E-state index contributed by atoms with van der Waals surface area (Å²) in [6.45, 7) is 5.04. The van der Waals surface area contributed by atoms with Crippen LogP contribution in [0.2, 0.25) is 5.02 Å². The molecule has 1 aromatic heterocycles. The van der Waals surface area contributed by atoms with Gasteiger partial charge in [0.05, 0.1) is 0 Å². The van der Waals surface area contributed by atoms with Crippen LogP contribution in [-0.4, -0.2) is 42.2 Å². The molecule has 27 heavy (non-hydrogen) atoms. The smallest absolute Gasteiger partial charge is 0.319 e. The topological polar surface area (TPSA) is 82.2 Å². The fraction of sp³-hybridized carbons (Fsp3) is 0.421. The highest BCUT2D eigenvalue weighted by atomic mass is 35.5. The molecule has 0 bridgehead atoms. The molecular weight excluding hydrogens is 364 g/mol. The van der Waals surface area contributed by atoms with Gasteiger partial charge in [0.1, 0.15) is 5.82 Å². The summed E-state index contributed by atoms with van der Waals surface area (Å²) in [6.07, 6.45) is 3.70. The fourth-order valence-electron chi connectivity index (χ4n) is 3.01. The van der Waals surface area contributed by atoms with Crippen molar-refractivity contribution in [2.24, 2.45) is 0 Å². The number of urea groups is 1. The second-order valence-corrected chi connectivity index (χ2v) is 6.99. The largest absolute Gasteiger partial charge is 0.356 e. The highest BCUT2D eigenvalue weighted by molar-refractivity contribution is 6.30. The summed E-state index contributed by atoms with van der Waals surface area (Å²) in [5.74, 6) is 1.56. The number of nitrogens with zero attached hydrogens (tertiary/aromatic N) is 3. The van der Waals surface area contributed by atoms with Crippen LogP contribution in [0, 0.1) is 6.92 Å². The van der Waals surface area contributed by atoms with Crippen LogP contribution in [0.3, 0.4) is 0 Å². The lowest BCUT2D eigenvalue weighted by Gasteiger charge is -2.28. The number of rotatable bonds is 6. The van der Waals surface area contributed by atoms with Gasteiger partial charge in [-0.15, -0.1) is 0 Å². The molecule has 2 amide bonds. The molecule has 1 saturated heterocycles. The van der Waals surface area contributed by atoms with Crippen molar-refractivity contribution in [1.29, 1.82) is 0 Å². The van der Waals surface area contributed by atoms with Gasteiger partial charge in [0.2, 0.25) is 5.95 Å². The average Bonchev–Trinajstić information content (AvgIpc) is 2.65. The van der Waals surface area contributed by atoms with Crippen LogP contribution >= 0.6 is 11.6 Å². The normalized spacial score (nSPS) is 13.9. The third kappa shape index (κ3) is 5.99. The Morgan fingerprint density at radius 2 is 1.96 bits per heavy atom. The Balaban J connectivity index is 1.46. The van der Waals surface area contributed by atoms with E-state index < -0.39 is 0 Å². The van der Waals surface area contributed by atoms with E-state index in [9.17, 15) is 4.79 Å². The van der Waals surface area contributed by atoms with Gasteiger partial charge >= 0.3 is 6.03 Å². The fourth-order valence-corrected chi connectivity index (χ4v) is 3.20. The Labute approximate surface area is 164 Å². The molecule has 1 fully saturated rings. The maximum atomic E-state index is 11.9. The molecule has 1 aliphatic heterocycles. The molecule has 1 aromatic carbocycles. The molecule has 8 heteroatoms. The van der Waals surface area contributed by atoms with Crippen molar-refractivity contribution in [2.45, 2.75) is 26.2 Å². The van der Waals surface area contributed by atoms with Crippen molar-refractivity contribution >= 4 is 35.1 Å². The maximum Gasteiger partial charge on any atom is 0.319 e. The van der Waals surface area contributed by atoms with Gasteiger partial charge in [-0.25, -0.2) is 9.78 Å². The molecule has 0 saturated carbocycles. The molecule has 3 rings (SSSR count). The van der Waals surface area contributed by atoms with E-state index >= 15 is 0 Å². The number of hydrogen-bond donors (Lipinski definition) is 3. The summed E-state index contributed by atoms with van der Waals surface area (Å²) in [4.78, 5) is 23.3. The van der Waals surface area contributed by atoms with E-state index in [0.29, 0.717) is 29.7 Å². The highest BCUT2D eigenvalue weighted by Crippen LogP contribution is 2.19. The van der Waals surface area contributed by atoms with Gasteiger partial charge in [-0.05, 0) is 44.4 Å². The van der Waals surface area contributed by atoms with E-state index in [1.165, 1.54) is 19.3 Å². The van der Waals surface area contributed by atoms with Gasteiger partial charge in [0, 0.05) is 48.6 Å². The van der Waals surface area contributed by atoms with Crippen molar-refractivity contribution in [2.75, 3.05) is 41.7 Å². The van der Waals surface area contributed by atoms with Crippen LogP contribution in [0.1, 0.15) is 25.0 Å². The number of halogens is 1. The first-order valence-electron chi connectivity index (χ1n) is 9.25. The summed E-state index contributed by atoms with van der Waals surface area (Å²) >= 11 is 5.91. The molecule has 0 unspecified atom stereocenters. The van der Waals surface area contributed by atoms with Crippen molar-refractivity contribution in [3.8, 4) is 0 Å². The standard InChI is InChI=1S/C19H25ClN6O/c1-14-12-17(26-10-3-2-4-11-26)25-18(23-14)21-8-9-22-19(27)24-16-7-5-6-15(20)13-16/h5-7,12-13H,2-4,8-11H2,1H3,(H,21,23,25)(H2,22,24,27). The van der Waals surface area contributed by atoms with Crippen LogP contribution in [0.15, 0.2) is 30.3 Å². The number of carbonyl (C=O) groups is 1. The van der Waals surface area contributed by atoms with Crippen LogP contribution in [-0.2, 0) is 0 Å². The molecule has 2 heterocycles.